The maximum Gasteiger partial charge on any atom is 0.258 e. The molecule has 0 unspecified atom stereocenters. The summed E-state index contributed by atoms with van der Waals surface area (Å²) in [6.07, 6.45) is 0. The lowest BCUT2D eigenvalue weighted by Gasteiger charge is -2.13. The molecular formula is C23H17Cl2N3O2S. The van der Waals surface area contributed by atoms with Crippen LogP contribution >= 0.6 is 35.4 Å². The molecule has 0 spiro atoms. The lowest BCUT2D eigenvalue weighted by atomic mass is 10.1. The van der Waals surface area contributed by atoms with Crippen LogP contribution in [-0.4, -0.2) is 16.0 Å². The monoisotopic (exact) mass is 469 g/mol. The quantitative estimate of drug-likeness (QED) is 0.333. The van der Waals surface area contributed by atoms with E-state index in [9.17, 15) is 4.79 Å². The maximum atomic E-state index is 12.5. The summed E-state index contributed by atoms with van der Waals surface area (Å²) in [5, 5.41) is 6.51. The molecular weight excluding hydrogens is 453 g/mol. The molecule has 1 aromatic heterocycles. The van der Waals surface area contributed by atoms with Crippen LogP contribution in [-0.2, 0) is 0 Å². The van der Waals surface area contributed by atoms with Crippen molar-refractivity contribution in [2.75, 3.05) is 5.32 Å². The molecule has 0 fully saturated rings. The molecule has 0 aliphatic rings. The second kappa shape index (κ2) is 8.67. The van der Waals surface area contributed by atoms with Gasteiger partial charge >= 0.3 is 0 Å². The Morgan fingerprint density at radius 2 is 1.84 bits per heavy atom. The predicted octanol–water partition coefficient (Wildman–Crippen LogP) is 6.55. The number of halogens is 2. The first-order valence-electron chi connectivity index (χ1n) is 9.36. The van der Waals surface area contributed by atoms with E-state index in [-0.39, 0.29) is 15.7 Å². The topological polar surface area (TPSA) is 67.2 Å². The van der Waals surface area contributed by atoms with Crippen LogP contribution in [0.5, 0.6) is 0 Å². The Balaban J connectivity index is 1.55. The van der Waals surface area contributed by atoms with Crippen LogP contribution in [0.4, 0.5) is 5.69 Å². The molecule has 156 valence electrons. The van der Waals surface area contributed by atoms with Gasteiger partial charge in [-0.1, -0.05) is 35.3 Å². The third-order valence-corrected chi connectivity index (χ3v) is 5.44. The molecule has 4 rings (SSSR count). The first-order valence-corrected chi connectivity index (χ1v) is 10.5. The number of hydrogen-bond acceptors (Lipinski definition) is 4. The number of nitrogens with zero attached hydrogens (tertiary/aromatic N) is 1. The van der Waals surface area contributed by atoms with Crippen molar-refractivity contribution in [1.29, 1.82) is 0 Å². The number of carbonyl (C=O) groups is 1. The van der Waals surface area contributed by atoms with E-state index in [2.05, 4.69) is 15.6 Å². The van der Waals surface area contributed by atoms with Gasteiger partial charge in [-0.25, -0.2) is 4.98 Å². The number of amides is 1. The molecule has 0 atom stereocenters. The molecule has 1 heterocycles. The van der Waals surface area contributed by atoms with E-state index in [1.165, 1.54) is 6.07 Å². The van der Waals surface area contributed by atoms with Gasteiger partial charge in [-0.05, 0) is 79.7 Å². The van der Waals surface area contributed by atoms with Crippen molar-refractivity contribution in [2.24, 2.45) is 0 Å². The van der Waals surface area contributed by atoms with Crippen LogP contribution in [0.2, 0.25) is 10.0 Å². The SMILES string of the molecule is Cc1ccc2oc(-c3ccc(C)c(NC(=S)NC(=O)c4cc(Cl)ccc4Cl)c3)nc2c1. The Morgan fingerprint density at radius 3 is 2.65 bits per heavy atom. The van der Waals surface area contributed by atoms with E-state index in [4.69, 9.17) is 39.8 Å². The van der Waals surface area contributed by atoms with Crippen LogP contribution in [0.15, 0.2) is 59.0 Å². The number of nitrogens with one attached hydrogen (secondary N) is 2. The van der Waals surface area contributed by atoms with Crippen molar-refractivity contribution >= 4 is 63.2 Å². The zero-order chi connectivity index (χ0) is 22.1. The Bertz CT molecular complexity index is 1330. The molecule has 0 saturated heterocycles. The number of benzene rings is 3. The van der Waals surface area contributed by atoms with Crippen LogP contribution in [0.1, 0.15) is 21.5 Å². The van der Waals surface area contributed by atoms with Crippen LogP contribution < -0.4 is 10.6 Å². The Kier molecular flexibility index (Phi) is 5.96. The summed E-state index contributed by atoms with van der Waals surface area (Å²) in [7, 11) is 0. The van der Waals surface area contributed by atoms with Crippen molar-refractivity contribution in [3.05, 3.63) is 81.3 Å². The summed E-state index contributed by atoms with van der Waals surface area (Å²) < 4.78 is 5.89. The van der Waals surface area contributed by atoms with Gasteiger partial charge in [0.2, 0.25) is 5.89 Å². The first kappa shape index (κ1) is 21.3. The number of anilines is 1. The third-order valence-electron chi connectivity index (χ3n) is 4.68. The summed E-state index contributed by atoms with van der Waals surface area (Å²) in [4.78, 5) is 17.1. The molecule has 0 bridgehead atoms. The summed E-state index contributed by atoms with van der Waals surface area (Å²) in [5.41, 5.74) is 5.31. The molecule has 0 aliphatic carbocycles. The fourth-order valence-corrected chi connectivity index (χ4v) is 3.62. The highest BCUT2D eigenvalue weighted by molar-refractivity contribution is 7.80. The highest BCUT2D eigenvalue weighted by Gasteiger charge is 2.14. The average molecular weight is 470 g/mol. The number of oxazole rings is 1. The third kappa shape index (κ3) is 4.71. The van der Waals surface area contributed by atoms with E-state index in [0.29, 0.717) is 10.9 Å². The molecule has 8 heteroatoms. The van der Waals surface area contributed by atoms with Gasteiger partial charge in [-0.2, -0.15) is 0 Å². The number of thiocarbonyl (C=S) groups is 1. The van der Waals surface area contributed by atoms with Gasteiger partial charge < -0.3 is 9.73 Å². The summed E-state index contributed by atoms with van der Waals surface area (Å²) in [6, 6.07) is 16.2. The molecule has 31 heavy (non-hydrogen) atoms. The largest absolute Gasteiger partial charge is 0.436 e. The van der Waals surface area contributed by atoms with E-state index in [1.54, 1.807) is 12.1 Å². The van der Waals surface area contributed by atoms with Gasteiger partial charge in [0.25, 0.3) is 5.91 Å². The highest BCUT2D eigenvalue weighted by Crippen LogP contribution is 2.28. The zero-order valence-electron chi connectivity index (χ0n) is 16.6. The minimum Gasteiger partial charge on any atom is -0.436 e. The van der Waals surface area contributed by atoms with Gasteiger partial charge in [0.1, 0.15) is 5.52 Å². The molecule has 0 radical (unpaired) electrons. The predicted molar refractivity (Wildman–Crippen MR) is 129 cm³/mol. The van der Waals surface area contributed by atoms with Crippen molar-refractivity contribution in [1.82, 2.24) is 10.3 Å². The summed E-state index contributed by atoms with van der Waals surface area (Å²) in [5.74, 6) is 0.0532. The van der Waals surface area contributed by atoms with Gasteiger partial charge in [0.05, 0.1) is 10.6 Å². The number of aromatic nitrogens is 1. The van der Waals surface area contributed by atoms with Crippen molar-refractivity contribution in [2.45, 2.75) is 13.8 Å². The van der Waals surface area contributed by atoms with E-state index < -0.39 is 5.91 Å². The second-order valence-electron chi connectivity index (χ2n) is 7.05. The van der Waals surface area contributed by atoms with Crippen molar-refractivity contribution < 1.29 is 9.21 Å². The normalized spacial score (nSPS) is 10.8. The number of rotatable bonds is 3. The lowest BCUT2D eigenvalue weighted by Crippen LogP contribution is -2.34. The standard InChI is InChI=1S/C23H17Cl2N3O2S/c1-12-3-8-20-19(9-12)26-22(30-20)14-5-4-13(2)18(10-14)27-23(31)28-21(29)16-11-15(24)6-7-17(16)25/h3-11H,1-2H3,(H2,27,28,29,31). The Morgan fingerprint density at radius 1 is 1.03 bits per heavy atom. The first-order chi connectivity index (χ1) is 14.8. The summed E-state index contributed by atoms with van der Waals surface area (Å²) >= 11 is 17.4. The van der Waals surface area contributed by atoms with Crippen LogP contribution in [0.3, 0.4) is 0 Å². The van der Waals surface area contributed by atoms with Gasteiger partial charge in [0.15, 0.2) is 10.7 Å². The van der Waals surface area contributed by atoms with Crippen molar-refractivity contribution in [3.63, 3.8) is 0 Å². The molecule has 5 nitrogen and oxygen atoms in total. The van der Waals surface area contributed by atoms with Crippen LogP contribution in [0, 0.1) is 13.8 Å². The fourth-order valence-electron chi connectivity index (χ4n) is 3.05. The number of aryl methyl sites for hydroxylation is 2. The van der Waals surface area contributed by atoms with Crippen LogP contribution in [0.25, 0.3) is 22.6 Å². The fraction of sp³-hybridized carbons (Fsp3) is 0.0870. The second-order valence-corrected chi connectivity index (χ2v) is 8.30. The minimum atomic E-state index is -0.451. The number of carbonyl (C=O) groups excluding carboxylic acids is 1. The lowest BCUT2D eigenvalue weighted by molar-refractivity contribution is 0.0978. The van der Waals surface area contributed by atoms with E-state index in [0.717, 1.165) is 33.5 Å². The smallest absolute Gasteiger partial charge is 0.258 e. The number of hydrogen-bond donors (Lipinski definition) is 2. The average Bonchev–Trinajstić information content (AvgIpc) is 3.14. The van der Waals surface area contributed by atoms with Gasteiger partial charge in [0, 0.05) is 16.3 Å². The molecule has 4 aromatic rings. The minimum absolute atomic E-state index is 0.134. The molecule has 0 aliphatic heterocycles. The maximum absolute atomic E-state index is 12.5. The van der Waals surface area contributed by atoms with Crippen molar-refractivity contribution in [3.8, 4) is 11.5 Å². The molecule has 1 amide bonds. The molecule has 0 saturated carbocycles. The van der Waals surface area contributed by atoms with E-state index in [1.807, 2.05) is 50.2 Å². The Labute approximate surface area is 194 Å². The van der Waals surface area contributed by atoms with Gasteiger partial charge in [-0.3, -0.25) is 10.1 Å². The zero-order valence-corrected chi connectivity index (χ0v) is 19.0. The van der Waals surface area contributed by atoms with E-state index >= 15 is 0 Å². The van der Waals surface area contributed by atoms with Gasteiger partial charge in [-0.15, -0.1) is 0 Å². The molecule has 2 N–H and O–H groups in total. The highest BCUT2D eigenvalue weighted by atomic mass is 35.5. The Hall–Kier alpha value is -2.93. The summed E-state index contributed by atoms with van der Waals surface area (Å²) in [6.45, 7) is 3.94. The molecule has 3 aromatic carbocycles. The number of fused-ring (bicyclic) bond motifs is 1.